The van der Waals surface area contributed by atoms with E-state index in [9.17, 15) is 4.79 Å². The molecular weight excluding hydrogens is 232 g/mol. The van der Waals surface area contributed by atoms with Gasteiger partial charge in [-0.1, -0.05) is 13.0 Å². The van der Waals surface area contributed by atoms with Crippen molar-refractivity contribution in [2.45, 2.75) is 19.5 Å². The van der Waals surface area contributed by atoms with E-state index in [1.807, 2.05) is 25.1 Å². The molecule has 0 aliphatic rings. The lowest BCUT2D eigenvalue weighted by Crippen LogP contribution is -2.39. The summed E-state index contributed by atoms with van der Waals surface area (Å²) >= 11 is 0. The van der Waals surface area contributed by atoms with E-state index in [2.05, 4.69) is 10.4 Å². The molecule has 6 nitrogen and oxygen atoms in total. The standard InChI is InChI=1S/C12H18N4O2/c1-3-13-10(9-18-2)8-16-12(17)15-7-5-4-6-11(15)14-16/h4-7,10,13H,3,8-9H2,1-2H3. The predicted octanol–water partition coefficient (Wildman–Crippen LogP) is 0.120. The highest BCUT2D eigenvalue weighted by atomic mass is 16.5. The number of fused-ring (bicyclic) bond motifs is 1. The molecule has 0 aliphatic carbocycles. The summed E-state index contributed by atoms with van der Waals surface area (Å²) in [6, 6.07) is 5.58. The fourth-order valence-electron chi connectivity index (χ4n) is 1.96. The minimum atomic E-state index is -0.121. The zero-order valence-corrected chi connectivity index (χ0v) is 10.7. The summed E-state index contributed by atoms with van der Waals surface area (Å²) in [7, 11) is 1.65. The minimum Gasteiger partial charge on any atom is -0.383 e. The molecule has 0 spiro atoms. The van der Waals surface area contributed by atoms with Crippen LogP contribution < -0.4 is 11.0 Å². The molecular formula is C12H18N4O2. The molecule has 0 amide bonds. The number of likely N-dealkylation sites (N-methyl/N-ethyl adjacent to an activating group) is 1. The van der Waals surface area contributed by atoms with Crippen molar-refractivity contribution >= 4 is 5.65 Å². The number of nitrogens with one attached hydrogen (secondary N) is 1. The summed E-state index contributed by atoms with van der Waals surface area (Å²) in [5.74, 6) is 0. The summed E-state index contributed by atoms with van der Waals surface area (Å²) < 4.78 is 8.14. The molecule has 2 rings (SSSR count). The highest BCUT2D eigenvalue weighted by molar-refractivity contribution is 5.35. The number of hydrogen-bond acceptors (Lipinski definition) is 4. The number of aromatic nitrogens is 3. The lowest BCUT2D eigenvalue weighted by Gasteiger charge is -2.15. The molecule has 98 valence electrons. The fourth-order valence-corrected chi connectivity index (χ4v) is 1.96. The molecule has 1 unspecified atom stereocenters. The van der Waals surface area contributed by atoms with Crippen LogP contribution in [0.25, 0.3) is 5.65 Å². The van der Waals surface area contributed by atoms with Gasteiger partial charge in [0, 0.05) is 13.3 Å². The highest BCUT2D eigenvalue weighted by Gasteiger charge is 2.12. The van der Waals surface area contributed by atoms with Crippen molar-refractivity contribution in [1.29, 1.82) is 0 Å². The second kappa shape index (κ2) is 5.79. The molecule has 2 heterocycles. The summed E-state index contributed by atoms with van der Waals surface area (Å²) in [6.45, 7) is 3.90. The molecule has 1 N–H and O–H groups in total. The lowest BCUT2D eigenvalue weighted by molar-refractivity contribution is 0.157. The van der Waals surface area contributed by atoms with Gasteiger partial charge < -0.3 is 10.1 Å². The topological polar surface area (TPSA) is 60.6 Å². The number of hydrogen-bond donors (Lipinski definition) is 1. The summed E-state index contributed by atoms with van der Waals surface area (Å²) in [5, 5.41) is 7.56. The van der Waals surface area contributed by atoms with E-state index in [1.54, 1.807) is 13.3 Å². The monoisotopic (exact) mass is 250 g/mol. The van der Waals surface area contributed by atoms with E-state index in [4.69, 9.17) is 4.74 Å². The molecule has 0 saturated heterocycles. The van der Waals surface area contributed by atoms with Crippen LogP contribution in [0.2, 0.25) is 0 Å². The summed E-state index contributed by atoms with van der Waals surface area (Å²) in [6.07, 6.45) is 1.72. The maximum atomic E-state index is 12.1. The van der Waals surface area contributed by atoms with Crippen LogP contribution in [0.3, 0.4) is 0 Å². The lowest BCUT2D eigenvalue weighted by atomic mass is 10.3. The number of nitrogens with zero attached hydrogens (tertiary/aromatic N) is 3. The van der Waals surface area contributed by atoms with Gasteiger partial charge in [0.25, 0.3) is 0 Å². The van der Waals surface area contributed by atoms with E-state index >= 15 is 0 Å². The van der Waals surface area contributed by atoms with Crippen molar-refractivity contribution in [3.8, 4) is 0 Å². The molecule has 6 heteroatoms. The molecule has 18 heavy (non-hydrogen) atoms. The van der Waals surface area contributed by atoms with E-state index in [0.29, 0.717) is 18.8 Å². The van der Waals surface area contributed by atoms with Gasteiger partial charge in [-0.15, -0.1) is 5.10 Å². The van der Waals surface area contributed by atoms with E-state index in [-0.39, 0.29) is 11.7 Å². The van der Waals surface area contributed by atoms with Crippen LogP contribution in [0.1, 0.15) is 6.92 Å². The fraction of sp³-hybridized carbons (Fsp3) is 0.500. The van der Waals surface area contributed by atoms with Crippen LogP contribution in [-0.2, 0) is 11.3 Å². The van der Waals surface area contributed by atoms with Crippen LogP contribution in [0.15, 0.2) is 29.2 Å². The van der Waals surface area contributed by atoms with Gasteiger partial charge in [-0.3, -0.25) is 4.40 Å². The Morgan fingerprint density at radius 1 is 1.50 bits per heavy atom. The van der Waals surface area contributed by atoms with Gasteiger partial charge in [0.1, 0.15) is 0 Å². The Morgan fingerprint density at radius 2 is 2.33 bits per heavy atom. The van der Waals surface area contributed by atoms with Crippen LogP contribution in [0.4, 0.5) is 0 Å². The van der Waals surface area contributed by atoms with Crippen LogP contribution >= 0.6 is 0 Å². The third kappa shape index (κ3) is 2.60. The third-order valence-corrected chi connectivity index (χ3v) is 2.74. The van der Waals surface area contributed by atoms with Gasteiger partial charge >= 0.3 is 5.69 Å². The van der Waals surface area contributed by atoms with Crippen LogP contribution in [-0.4, -0.2) is 40.5 Å². The van der Waals surface area contributed by atoms with Crippen molar-refractivity contribution in [2.24, 2.45) is 0 Å². The molecule has 0 fully saturated rings. The summed E-state index contributed by atoms with van der Waals surface area (Å²) in [4.78, 5) is 12.1. The Kier molecular flexibility index (Phi) is 4.11. The van der Waals surface area contributed by atoms with Gasteiger partial charge in [-0.05, 0) is 18.7 Å². The quantitative estimate of drug-likeness (QED) is 0.791. The maximum absolute atomic E-state index is 12.1. The van der Waals surface area contributed by atoms with Crippen molar-refractivity contribution in [3.05, 3.63) is 34.9 Å². The SMILES string of the molecule is CCNC(COC)Cn1nc2ccccn2c1=O. The molecule has 2 aromatic heterocycles. The first-order valence-electron chi connectivity index (χ1n) is 6.02. The van der Waals surface area contributed by atoms with Crippen molar-refractivity contribution in [2.75, 3.05) is 20.3 Å². The number of methoxy groups -OCH3 is 1. The largest absolute Gasteiger partial charge is 0.383 e. The Labute approximate surface area is 105 Å². The number of pyridine rings is 1. The smallest absolute Gasteiger partial charge is 0.350 e. The van der Waals surface area contributed by atoms with Crippen molar-refractivity contribution in [3.63, 3.8) is 0 Å². The predicted molar refractivity (Wildman–Crippen MR) is 68.8 cm³/mol. The molecule has 1 atom stereocenters. The molecule has 2 aromatic rings. The number of rotatable bonds is 6. The van der Waals surface area contributed by atoms with E-state index in [1.165, 1.54) is 9.08 Å². The third-order valence-electron chi connectivity index (χ3n) is 2.74. The number of ether oxygens (including phenoxy) is 1. The second-order valence-corrected chi connectivity index (χ2v) is 4.10. The first-order valence-corrected chi connectivity index (χ1v) is 6.02. The first kappa shape index (κ1) is 12.8. The Bertz CT molecular complexity index is 554. The van der Waals surface area contributed by atoms with Crippen molar-refractivity contribution in [1.82, 2.24) is 19.5 Å². The van der Waals surface area contributed by atoms with Crippen LogP contribution in [0.5, 0.6) is 0 Å². The summed E-state index contributed by atoms with van der Waals surface area (Å²) in [5.41, 5.74) is 0.541. The second-order valence-electron chi connectivity index (χ2n) is 4.10. The minimum absolute atomic E-state index is 0.0858. The van der Waals surface area contributed by atoms with E-state index < -0.39 is 0 Å². The molecule has 0 aromatic carbocycles. The van der Waals surface area contributed by atoms with Gasteiger partial charge in [-0.2, -0.15) is 0 Å². The zero-order valence-electron chi connectivity index (χ0n) is 10.7. The van der Waals surface area contributed by atoms with Crippen LogP contribution in [0, 0.1) is 0 Å². The van der Waals surface area contributed by atoms with Gasteiger partial charge in [0.05, 0.1) is 19.2 Å². The van der Waals surface area contributed by atoms with Gasteiger partial charge in [0.15, 0.2) is 5.65 Å². The Morgan fingerprint density at radius 3 is 3.00 bits per heavy atom. The maximum Gasteiger partial charge on any atom is 0.350 e. The molecule has 0 bridgehead atoms. The highest BCUT2D eigenvalue weighted by Crippen LogP contribution is 1.96. The average molecular weight is 250 g/mol. The van der Waals surface area contributed by atoms with E-state index in [0.717, 1.165) is 6.54 Å². The molecule has 0 radical (unpaired) electrons. The molecule has 0 aliphatic heterocycles. The average Bonchev–Trinajstić information content (AvgIpc) is 2.68. The van der Waals surface area contributed by atoms with Crippen molar-refractivity contribution < 1.29 is 4.74 Å². The Hall–Kier alpha value is -1.66. The normalized spacial score (nSPS) is 13.0. The Balaban J connectivity index is 2.25. The van der Waals surface area contributed by atoms with Gasteiger partial charge in [-0.25, -0.2) is 9.48 Å². The first-order chi connectivity index (χ1) is 8.76. The van der Waals surface area contributed by atoms with Gasteiger partial charge in [0.2, 0.25) is 0 Å². The molecule has 0 saturated carbocycles. The zero-order chi connectivity index (χ0) is 13.0.